The van der Waals surface area contributed by atoms with Crippen LogP contribution in [0, 0.1) is 20.8 Å². The molecular weight excluding hydrogens is 404 g/mol. The summed E-state index contributed by atoms with van der Waals surface area (Å²) in [5.74, 6) is 0.464. The van der Waals surface area contributed by atoms with Crippen molar-refractivity contribution in [2.24, 2.45) is 0 Å². The van der Waals surface area contributed by atoms with Gasteiger partial charge in [0.05, 0.1) is 17.0 Å². The van der Waals surface area contributed by atoms with Gasteiger partial charge in [0.1, 0.15) is 11.3 Å². The van der Waals surface area contributed by atoms with Gasteiger partial charge in [-0.05, 0) is 61.7 Å². The topological polar surface area (TPSA) is 76.6 Å². The molecule has 0 saturated heterocycles. The Morgan fingerprint density at radius 2 is 1.70 bits per heavy atom. The fourth-order valence-corrected chi connectivity index (χ4v) is 4.02. The van der Waals surface area contributed by atoms with Crippen molar-refractivity contribution < 1.29 is 13.7 Å². The molecule has 0 N–H and O–H groups in total. The second kappa shape index (κ2) is 6.57. The van der Waals surface area contributed by atoms with Crippen LogP contribution in [-0.2, 0) is 0 Å². The Hall–Kier alpha value is -3.38. The number of aromatic nitrogens is 1. The van der Waals surface area contributed by atoms with Crippen LogP contribution >= 0.6 is 11.6 Å². The Morgan fingerprint density at radius 3 is 2.37 bits per heavy atom. The predicted octanol–water partition coefficient (Wildman–Crippen LogP) is 5.11. The Bertz CT molecular complexity index is 1390. The molecule has 5 rings (SSSR count). The van der Waals surface area contributed by atoms with Gasteiger partial charge >= 0.3 is 0 Å². The van der Waals surface area contributed by atoms with E-state index in [0.717, 1.165) is 16.7 Å². The molecule has 1 aliphatic heterocycles. The molecule has 0 bridgehead atoms. The minimum atomic E-state index is -0.698. The van der Waals surface area contributed by atoms with Crippen molar-refractivity contribution in [3.05, 3.63) is 91.5 Å². The van der Waals surface area contributed by atoms with E-state index in [2.05, 4.69) is 5.16 Å². The summed E-state index contributed by atoms with van der Waals surface area (Å²) in [5.41, 5.74) is 3.13. The van der Waals surface area contributed by atoms with Gasteiger partial charge in [0.2, 0.25) is 5.76 Å². The molecule has 0 spiro atoms. The lowest BCUT2D eigenvalue weighted by atomic mass is 9.97. The van der Waals surface area contributed by atoms with E-state index >= 15 is 0 Å². The van der Waals surface area contributed by atoms with Crippen molar-refractivity contribution in [3.63, 3.8) is 0 Å². The SMILES string of the molecule is Cc1cc(N2C(=O)c3oc4cc(C)c(C)cc4c(=O)c3C2c2ccc(Cl)cc2)no1. The second-order valence-electron chi connectivity index (χ2n) is 7.53. The largest absolute Gasteiger partial charge is 0.450 e. The summed E-state index contributed by atoms with van der Waals surface area (Å²) in [6, 6.07) is 11.6. The van der Waals surface area contributed by atoms with Crippen LogP contribution in [0.25, 0.3) is 11.0 Å². The third kappa shape index (κ3) is 2.68. The first-order valence-corrected chi connectivity index (χ1v) is 9.83. The van der Waals surface area contributed by atoms with E-state index in [-0.39, 0.29) is 11.2 Å². The lowest BCUT2D eigenvalue weighted by Gasteiger charge is -2.22. The van der Waals surface area contributed by atoms with E-state index in [1.54, 1.807) is 43.3 Å². The maximum atomic E-state index is 13.6. The number of aryl methyl sites for hydroxylation is 3. The van der Waals surface area contributed by atoms with Crippen LogP contribution in [0.1, 0.15) is 44.6 Å². The van der Waals surface area contributed by atoms with Gasteiger partial charge in [0.15, 0.2) is 11.2 Å². The van der Waals surface area contributed by atoms with Gasteiger partial charge in [-0.1, -0.05) is 28.9 Å². The molecule has 6 nitrogen and oxygen atoms in total. The first-order chi connectivity index (χ1) is 14.3. The van der Waals surface area contributed by atoms with Crippen molar-refractivity contribution >= 4 is 34.3 Å². The minimum Gasteiger partial charge on any atom is -0.450 e. The molecule has 0 aliphatic carbocycles. The Morgan fingerprint density at radius 1 is 1.00 bits per heavy atom. The summed E-state index contributed by atoms with van der Waals surface area (Å²) < 4.78 is 11.2. The lowest BCUT2D eigenvalue weighted by molar-refractivity contribution is 0.0969. The van der Waals surface area contributed by atoms with Crippen LogP contribution in [0.4, 0.5) is 5.82 Å². The van der Waals surface area contributed by atoms with E-state index in [4.69, 9.17) is 20.5 Å². The van der Waals surface area contributed by atoms with Gasteiger partial charge in [0.25, 0.3) is 5.91 Å². The predicted molar refractivity (Wildman–Crippen MR) is 113 cm³/mol. The average Bonchev–Trinajstić information content (AvgIpc) is 3.26. The van der Waals surface area contributed by atoms with E-state index in [0.29, 0.717) is 33.1 Å². The fraction of sp³-hybridized carbons (Fsp3) is 0.174. The smallest absolute Gasteiger partial charge is 0.296 e. The Labute approximate surface area is 176 Å². The molecule has 0 saturated carbocycles. The first kappa shape index (κ1) is 18.6. The van der Waals surface area contributed by atoms with Crippen LogP contribution in [0.2, 0.25) is 5.02 Å². The highest BCUT2D eigenvalue weighted by atomic mass is 35.5. The highest BCUT2D eigenvalue weighted by molar-refractivity contribution is 6.30. The van der Waals surface area contributed by atoms with Gasteiger partial charge in [-0.25, -0.2) is 0 Å². The van der Waals surface area contributed by atoms with E-state index in [1.165, 1.54) is 4.90 Å². The van der Waals surface area contributed by atoms with Crippen molar-refractivity contribution in [1.82, 2.24) is 5.16 Å². The van der Waals surface area contributed by atoms with E-state index in [9.17, 15) is 9.59 Å². The zero-order chi connectivity index (χ0) is 21.2. The lowest BCUT2D eigenvalue weighted by Crippen LogP contribution is -2.29. The summed E-state index contributed by atoms with van der Waals surface area (Å²) in [5, 5.41) is 5.02. The number of amides is 1. The number of anilines is 1. The highest BCUT2D eigenvalue weighted by Gasteiger charge is 2.44. The number of carbonyl (C=O) groups excluding carboxylic acids is 1. The van der Waals surface area contributed by atoms with E-state index in [1.807, 2.05) is 19.9 Å². The molecule has 1 amide bonds. The number of rotatable bonds is 2. The monoisotopic (exact) mass is 420 g/mol. The third-order valence-corrected chi connectivity index (χ3v) is 5.79. The van der Waals surface area contributed by atoms with Crippen LogP contribution < -0.4 is 10.3 Å². The van der Waals surface area contributed by atoms with Crippen molar-refractivity contribution in [2.75, 3.05) is 4.90 Å². The van der Waals surface area contributed by atoms with Crippen LogP contribution in [0.5, 0.6) is 0 Å². The van der Waals surface area contributed by atoms with Crippen LogP contribution in [0.3, 0.4) is 0 Å². The summed E-state index contributed by atoms with van der Waals surface area (Å²) >= 11 is 6.06. The number of hydrogen-bond acceptors (Lipinski definition) is 5. The maximum Gasteiger partial charge on any atom is 0.296 e. The molecule has 0 fully saturated rings. The summed E-state index contributed by atoms with van der Waals surface area (Å²) in [4.78, 5) is 28.4. The zero-order valence-corrected chi connectivity index (χ0v) is 17.3. The van der Waals surface area contributed by atoms with Crippen LogP contribution in [-0.4, -0.2) is 11.1 Å². The molecular formula is C23H17ClN2O4. The molecule has 7 heteroatoms. The third-order valence-electron chi connectivity index (χ3n) is 5.53. The fourth-order valence-electron chi connectivity index (χ4n) is 3.89. The minimum absolute atomic E-state index is 0.0244. The summed E-state index contributed by atoms with van der Waals surface area (Å²) in [6.07, 6.45) is 0. The molecule has 30 heavy (non-hydrogen) atoms. The summed E-state index contributed by atoms with van der Waals surface area (Å²) in [6.45, 7) is 5.61. The molecule has 150 valence electrons. The van der Waals surface area contributed by atoms with Crippen LogP contribution in [0.15, 0.2) is 56.2 Å². The molecule has 1 aliphatic rings. The number of fused-ring (bicyclic) bond motifs is 2. The quantitative estimate of drug-likeness (QED) is 0.450. The molecule has 2 aromatic heterocycles. The van der Waals surface area contributed by atoms with Gasteiger partial charge in [-0.2, -0.15) is 0 Å². The maximum absolute atomic E-state index is 13.6. The Balaban J connectivity index is 1.83. The first-order valence-electron chi connectivity index (χ1n) is 9.45. The number of carbonyl (C=O) groups is 1. The van der Waals surface area contributed by atoms with Gasteiger partial charge in [-0.15, -0.1) is 0 Å². The molecule has 1 atom stereocenters. The molecule has 1 unspecified atom stereocenters. The molecule has 2 aromatic carbocycles. The number of halogens is 1. The van der Waals surface area contributed by atoms with Crippen molar-refractivity contribution in [1.29, 1.82) is 0 Å². The zero-order valence-electron chi connectivity index (χ0n) is 16.5. The number of nitrogens with zero attached hydrogens (tertiary/aromatic N) is 2. The highest BCUT2D eigenvalue weighted by Crippen LogP contribution is 2.41. The standard InChI is InChI=1S/C23H17ClN2O4/c1-11-8-16-17(9-12(11)2)29-22-19(21(16)27)20(14-4-6-15(24)7-5-14)26(23(22)28)18-10-13(3)30-25-18/h4-10,20H,1-3H3. The van der Waals surface area contributed by atoms with Gasteiger partial charge < -0.3 is 8.94 Å². The average molecular weight is 421 g/mol. The van der Waals surface area contributed by atoms with Gasteiger partial charge in [-0.3, -0.25) is 14.5 Å². The van der Waals surface area contributed by atoms with E-state index < -0.39 is 11.9 Å². The number of benzene rings is 2. The second-order valence-corrected chi connectivity index (χ2v) is 7.97. The van der Waals surface area contributed by atoms with Crippen molar-refractivity contribution in [3.8, 4) is 0 Å². The summed E-state index contributed by atoms with van der Waals surface area (Å²) in [7, 11) is 0. The number of hydrogen-bond donors (Lipinski definition) is 0. The normalized spacial score (nSPS) is 15.8. The van der Waals surface area contributed by atoms with Crippen molar-refractivity contribution in [2.45, 2.75) is 26.8 Å². The molecule has 0 radical (unpaired) electrons. The van der Waals surface area contributed by atoms with Gasteiger partial charge in [0, 0.05) is 11.1 Å². The molecule has 4 aromatic rings. The Kier molecular flexibility index (Phi) is 4.08. The molecule has 3 heterocycles.